The van der Waals surface area contributed by atoms with Gasteiger partial charge in [-0.15, -0.1) is 0 Å². The maximum atomic E-state index is 13.0. The first-order chi connectivity index (χ1) is 14.1. The van der Waals surface area contributed by atoms with Gasteiger partial charge in [0.25, 0.3) is 0 Å². The van der Waals surface area contributed by atoms with Crippen molar-refractivity contribution in [2.75, 3.05) is 12.5 Å². The summed E-state index contributed by atoms with van der Waals surface area (Å²) in [5, 5.41) is 13.3. The molecule has 148 valence electrons. The summed E-state index contributed by atoms with van der Waals surface area (Å²) in [5.41, 5.74) is 4.82. The second kappa shape index (κ2) is 9.36. The molecule has 0 atom stereocenters. The summed E-state index contributed by atoms with van der Waals surface area (Å²) < 4.78 is 24.0. The molecule has 3 aromatic rings. The van der Waals surface area contributed by atoms with E-state index in [1.807, 2.05) is 12.1 Å². The van der Waals surface area contributed by atoms with Crippen LogP contribution in [-0.4, -0.2) is 24.4 Å². The Morgan fingerprint density at radius 1 is 1.14 bits per heavy atom. The van der Waals surface area contributed by atoms with Gasteiger partial charge in [-0.1, -0.05) is 12.1 Å². The average Bonchev–Trinajstić information content (AvgIpc) is 2.73. The first kappa shape index (κ1) is 19.9. The van der Waals surface area contributed by atoms with Crippen LogP contribution in [0.5, 0.6) is 11.5 Å². The van der Waals surface area contributed by atoms with Crippen LogP contribution in [0.25, 0.3) is 0 Å². The van der Waals surface area contributed by atoms with Crippen molar-refractivity contribution in [3.8, 4) is 11.5 Å². The molecule has 0 bridgehead atoms. The molecule has 0 heterocycles. The van der Waals surface area contributed by atoms with Crippen molar-refractivity contribution in [1.29, 1.82) is 0 Å². The van der Waals surface area contributed by atoms with E-state index >= 15 is 0 Å². The number of para-hydroxylation sites is 1. The van der Waals surface area contributed by atoms with E-state index in [0.29, 0.717) is 17.2 Å². The molecule has 0 unspecified atom stereocenters. The van der Waals surface area contributed by atoms with Gasteiger partial charge in [-0.05, 0) is 60.2 Å². The Kier molecular flexibility index (Phi) is 6.42. The summed E-state index contributed by atoms with van der Waals surface area (Å²) in [6, 6.07) is 17.7. The summed E-state index contributed by atoms with van der Waals surface area (Å²) in [5.74, 6) is -0.175. The third kappa shape index (κ3) is 5.32. The van der Waals surface area contributed by atoms with Crippen molar-refractivity contribution in [2.24, 2.45) is 5.10 Å². The number of hydrogen-bond donors (Lipinski definition) is 2. The lowest BCUT2D eigenvalue weighted by molar-refractivity contribution is 0.0698. The second-order valence-electron chi connectivity index (χ2n) is 6.03. The number of hydrogen-bond acceptors (Lipinski definition) is 5. The number of methoxy groups -OCH3 is 1. The molecule has 6 nitrogen and oxygen atoms in total. The topological polar surface area (TPSA) is 80.2 Å². The van der Waals surface area contributed by atoms with E-state index in [0.717, 1.165) is 11.1 Å². The Morgan fingerprint density at radius 2 is 1.90 bits per heavy atom. The number of rotatable bonds is 8. The highest BCUT2D eigenvalue weighted by Gasteiger charge is 2.08. The van der Waals surface area contributed by atoms with Gasteiger partial charge in [0, 0.05) is 5.56 Å². The van der Waals surface area contributed by atoms with Crippen molar-refractivity contribution < 1.29 is 23.8 Å². The van der Waals surface area contributed by atoms with Gasteiger partial charge < -0.3 is 14.6 Å². The summed E-state index contributed by atoms with van der Waals surface area (Å²) in [4.78, 5) is 11.2. The van der Waals surface area contributed by atoms with E-state index < -0.39 is 5.97 Å². The molecule has 0 aromatic heterocycles. The molecule has 0 aliphatic carbocycles. The standard InChI is InChI=1S/C22H19FN2O4/c1-28-21-11-6-15(12-16(21)14-29-18-9-7-17(23)8-10-18)13-24-25-20-5-3-2-4-19(20)22(26)27/h2-13,25H,14H2,1H3,(H,26,27)/b24-13-. The maximum absolute atomic E-state index is 13.0. The molecule has 7 heteroatoms. The third-order valence-corrected chi connectivity index (χ3v) is 4.07. The lowest BCUT2D eigenvalue weighted by Gasteiger charge is -2.11. The van der Waals surface area contributed by atoms with Gasteiger partial charge in [0.05, 0.1) is 24.6 Å². The van der Waals surface area contributed by atoms with Crippen molar-refractivity contribution in [3.05, 3.63) is 89.2 Å². The zero-order chi connectivity index (χ0) is 20.6. The minimum atomic E-state index is -1.03. The number of ether oxygens (including phenoxy) is 2. The van der Waals surface area contributed by atoms with E-state index in [2.05, 4.69) is 10.5 Å². The van der Waals surface area contributed by atoms with Crippen LogP contribution >= 0.6 is 0 Å². The van der Waals surface area contributed by atoms with Gasteiger partial charge in [0.15, 0.2) is 0 Å². The highest BCUT2D eigenvalue weighted by Crippen LogP contribution is 2.22. The van der Waals surface area contributed by atoms with Crippen molar-refractivity contribution in [2.45, 2.75) is 6.61 Å². The molecular formula is C22H19FN2O4. The Morgan fingerprint density at radius 3 is 2.62 bits per heavy atom. The van der Waals surface area contributed by atoms with Gasteiger partial charge in [-0.2, -0.15) is 5.10 Å². The number of anilines is 1. The molecule has 0 aliphatic heterocycles. The maximum Gasteiger partial charge on any atom is 0.337 e. The number of carboxylic acids is 1. The SMILES string of the molecule is COc1ccc(/C=N\Nc2ccccc2C(=O)O)cc1COc1ccc(F)cc1. The molecule has 3 rings (SSSR count). The molecule has 0 spiro atoms. The van der Waals surface area contributed by atoms with Crippen LogP contribution in [0.2, 0.25) is 0 Å². The highest BCUT2D eigenvalue weighted by atomic mass is 19.1. The fourth-order valence-electron chi connectivity index (χ4n) is 2.63. The number of halogens is 1. The lowest BCUT2D eigenvalue weighted by atomic mass is 10.1. The molecular weight excluding hydrogens is 375 g/mol. The lowest BCUT2D eigenvalue weighted by Crippen LogP contribution is -2.02. The van der Waals surface area contributed by atoms with E-state index in [-0.39, 0.29) is 18.0 Å². The van der Waals surface area contributed by atoms with E-state index in [1.54, 1.807) is 49.7 Å². The van der Waals surface area contributed by atoms with Crippen LogP contribution in [0.1, 0.15) is 21.5 Å². The molecule has 3 aromatic carbocycles. The smallest absolute Gasteiger partial charge is 0.337 e. The number of benzene rings is 3. The normalized spacial score (nSPS) is 10.7. The van der Waals surface area contributed by atoms with E-state index in [4.69, 9.17) is 9.47 Å². The summed E-state index contributed by atoms with van der Waals surface area (Å²) in [6.07, 6.45) is 1.57. The van der Waals surface area contributed by atoms with Crippen LogP contribution in [0.15, 0.2) is 71.8 Å². The predicted molar refractivity (Wildman–Crippen MR) is 108 cm³/mol. The number of carbonyl (C=O) groups is 1. The first-order valence-corrected chi connectivity index (χ1v) is 8.73. The number of aromatic carboxylic acids is 1. The van der Waals surface area contributed by atoms with Gasteiger partial charge in [-0.25, -0.2) is 9.18 Å². The van der Waals surface area contributed by atoms with Crippen LogP contribution in [0.4, 0.5) is 10.1 Å². The van der Waals surface area contributed by atoms with Crippen molar-refractivity contribution in [1.82, 2.24) is 0 Å². The largest absolute Gasteiger partial charge is 0.496 e. The quantitative estimate of drug-likeness (QED) is 0.433. The zero-order valence-electron chi connectivity index (χ0n) is 15.6. The third-order valence-electron chi connectivity index (χ3n) is 4.07. The van der Waals surface area contributed by atoms with E-state index in [1.165, 1.54) is 18.2 Å². The van der Waals surface area contributed by atoms with Crippen LogP contribution < -0.4 is 14.9 Å². The molecule has 2 N–H and O–H groups in total. The number of nitrogens with one attached hydrogen (secondary N) is 1. The van der Waals surface area contributed by atoms with E-state index in [9.17, 15) is 14.3 Å². The van der Waals surface area contributed by atoms with Crippen molar-refractivity contribution in [3.63, 3.8) is 0 Å². The first-order valence-electron chi connectivity index (χ1n) is 8.73. The fraction of sp³-hybridized carbons (Fsp3) is 0.0909. The summed E-state index contributed by atoms with van der Waals surface area (Å²) >= 11 is 0. The highest BCUT2D eigenvalue weighted by molar-refractivity contribution is 5.94. The fourth-order valence-corrected chi connectivity index (χ4v) is 2.63. The van der Waals surface area contributed by atoms with Crippen LogP contribution in [0.3, 0.4) is 0 Å². The second-order valence-corrected chi connectivity index (χ2v) is 6.03. The van der Waals surface area contributed by atoms with Gasteiger partial charge in [0.2, 0.25) is 0 Å². The van der Waals surface area contributed by atoms with Gasteiger partial charge >= 0.3 is 5.97 Å². The number of carboxylic acid groups (broad SMARTS) is 1. The predicted octanol–water partition coefficient (Wildman–Crippen LogP) is 4.56. The van der Waals surface area contributed by atoms with Crippen LogP contribution in [-0.2, 0) is 6.61 Å². The molecule has 0 saturated heterocycles. The number of nitrogens with zero attached hydrogens (tertiary/aromatic N) is 1. The molecule has 0 aliphatic rings. The Bertz CT molecular complexity index is 1020. The summed E-state index contributed by atoms with van der Waals surface area (Å²) in [7, 11) is 1.56. The minimum Gasteiger partial charge on any atom is -0.496 e. The van der Waals surface area contributed by atoms with Gasteiger partial charge in [0.1, 0.15) is 23.9 Å². The van der Waals surface area contributed by atoms with Crippen LogP contribution in [0, 0.1) is 5.82 Å². The molecule has 0 saturated carbocycles. The molecule has 0 fully saturated rings. The monoisotopic (exact) mass is 394 g/mol. The molecule has 0 radical (unpaired) electrons. The van der Waals surface area contributed by atoms with Gasteiger partial charge in [-0.3, -0.25) is 5.43 Å². The van der Waals surface area contributed by atoms with Crippen molar-refractivity contribution >= 4 is 17.9 Å². The Balaban J connectivity index is 1.72. The Labute approximate surface area is 167 Å². The summed E-state index contributed by atoms with van der Waals surface area (Å²) in [6.45, 7) is 0.228. The minimum absolute atomic E-state index is 0.132. The zero-order valence-corrected chi connectivity index (χ0v) is 15.6. The average molecular weight is 394 g/mol. The molecule has 29 heavy (non-hydrogen) atoms. The Hall–Kier alpha value is -3.87. The molecule has 0 amide bonds. The number of hydrazone groups is 1.